The third-order valence-electron chi connectivity index (χ3n) is 22.3. The molecule has 0 spiro atoms. The van der Waals surface area contributed by atoms with Gasteiger partial charge in [0.1, 0.15) is 23.6 Å². The van der Waals surface area contributed by atoms with E-state index in [0.717, 1.165) is 27.8 Å². The number of ketones is 4. The summed E-state index contributed by atoms with van der Waals surface area (Å²) >= 11 is -1.62. The average molecular weight is 1540 g/mol. The molecule has 0 radical (unpaired) electrons. The molecule has 0 saturated carbocycles. The van der Waals surface area contributed by atoms with Crippen LogP contribution >= 0.6 is 0 Å². The minimum absolute atomic E-state index is 0. The van der Waals surface area contributed by atoms with Gasteiger partial charge in [0.25, 0.3) is 16.6 Å². The predicted molar refractivity (Wildman–Crippen MR) is 400 cm³/mol. The van der Waals surface area contributed by atoms with Crippen molar-refractivity contribution < 1.29 is 88.3 Å². The topological polar surface area (TPSA) is 262 Å². The Hall–Kier alpha value is -8.31. The maximum atomic E-state index is 14.9. The van der Waals surface area contributed by atoms with Crippen molar-refractivity contribution in [2.75, 3.05) is 70.0 Å². The van der Waals surface area contributed by atoms with E-state index >= 15 is 0 Å². The summed E-state index contributed by atoms with van der Waals surface area (Å²) in [7, 11) is 7.70. The van der Waals surface area contributed by atoms with E-state index < -0.39 is 91.3 Å². The first kappa shape index (κ1) is 80.8. The quantitative estimate of drug-likeness (QED) is 0.0717. The van der Waals surface area contributed by atoms with Crippen LogP contribution in [0.3, 0.4) is 0 Å². The standard InChI is InChI=1S/C39H48N2O9Si.C39H48N2O8Si.CH4.O2Se/c1-20-31(42)28-27(33(44)35(20)46-7)29-24-17-23-26(37(48-9)36(47-8)21(2)34(23)50-51(10,11)39(3,4)5)25(19-49-18-22-15-13-12-14-16-22)41(24)38(45)30(32(28)43)40(29)6;1-21-32(42)24-17-27-38(44)41-26(31(40(27)6)30(24)33(43)35(21)45-7)18-25-29(28(41)20-48-19-23-15-13-12-14-16-23)37(47-9)36(46-8)22(2)34(25)49-50(10,11)39(3,4)5;;1-3-2/h12-17,25,29-30,32,43H,18-19H2,1-11H3;12-16,18,27-28,31H,17,19-20H2,1-11H3;1H4;/t25-,29-,30-,32-;27-,28-,31-;;/m00../s1. The van der Waals surface area contributed by atoms with Crippen LogP contribution in [0.4, 0.5) is 0 Å². The van der Waals surface area contributed by atoms with E-state index in [1.807, 2.05) is 98.6 Å². The van der Waals surface area contributed by atoms with Crippen molar-refractivity contribution in [3.63, 3.8) is 0 Å². The summed E-state index contributed by atoms with van der Waals surface area (Å²) < 4.78 is 79.1. The zero-order valence-corrected chi connectivity index (χ0v) is 67.2. The minimum atomic E-state index is -2.48. The predicted octanol–water partition coefficient (Wildman–Crippen LogP) is 11.6. The van der Waals surface area contributed by atoms with Crippen LogP contribution in [-0.4, -0.2) is 191 Å². The van der Waals surface area contributed by atoms with Gasteiger partial charge in [-0.2, -0.15) is 0 Å². The average Bonchev–Trinajstić information content (AvgIpc) is 0.694. The first-order chi connectivity index (χ1) is 49.0. The molecule has 4 aromatic rings. The van der Waals surface area contributed by atoms with E-state index in [1.54, 1.807) is 57.1 Å². The van der Waals surface area contributed by atoms with Crippen molar-refractivity contribution >= 4 is 78.6 Å². The Labute approximate surface area is 623 Å². The molecule has 26 heteroatoms. The van der Waals surface area contributed by atoms with Crippen LogP contribution in [0.5, 0.6) is 34.5 Å². The van der Waals surface area contributed by atoms with Crippen LogP contribution in [0, 0.1) is 13.8 Å². The van der Waals surface area contributed by atoms with Crippen molar-refractivity contribution in [1.29, 1.82) is 0 Å². The third-order valence-corrected chi connectivity index (χ3v) is 31.0. The SMILES string of the molecule is C.COC1=C(C)C(=O)C2=C(C1=O)[C@@H]1C3=Cc4c(O[Si](C)(C)C(C)(C)C)c(C)c(OC)c(OC)c4[C@H](COCc4ccccc4)N3C(=O)[C@H](C2)N1C.COC1=C(C)C(=O)C2=C(C1=O)[C@@H]1C3=Cc4c(O[Si](C)(C)C(C)(C)C)c(C)c(OC)c(OC)c4[C@H](COCc4ccccc4)N3C(=O)[C@H]([C@H]2O)N1C.O=[Se]=O. The van der Waals surface area contributed by atoms with Gasteiger partial charge in [0.15, 0.2) is 46.1 Å². The molecule has 2 saturated heterocycles. The van der Waals surface area contributed by atoms with Crippen molar-refractivity contribution in [1.82, 2.24) is 19.6 Å². The fourth-order valence-electron chi connectivity index (χ4n) is 15.0. The number of Topliss-reactive ketones (excluding diaryl/α,β-unsaturated/α-hetero) is 4. The maximum absolute atomic E-state index is 14.9. The number of carbonyl (C=O) groups is 6. The zero-order chi connectivity index (χ0) is 76.5. The summed E-state index contributed by atoms with van der Waals surface area (Å²) in [6.45, 7) is 29.4. The molecule has 4 aromatic carbocycles. The van der Waals surface area contributed by atoms with E-state index in [0.29, 0.717) is 80.3 Å². The van der Waals surface area contributed by atoms with Crippen molar-refractivity contribution in [2.24, 2.45) is 0 Å². The van der Waals surface area contributed by atoms with Gasteiger partial charge in [-0.1, -0.05) is 110 Å². The number of amides is 2. The summed E-state index contributed by atoms with van der Waals surface area (Å²) in [5, 5.41) is 11.5. The molecule has 2 amide bonds. The fraction of sp³-hybridized carbons (Fsp3) is 0.468. The summed E-state index contributed by atoms with van der Waals surface area (Å²) in [6, 6.07) is 14.7. The van der Waals surface area contributed by atoms with E-state index in [-0.39, 0.29) is 95.0 Å². The number of rotatable bonds is 18. The Bertz CT molecular complexity index is 4440. The van der Waals surface area contributed by atoms with Gasteiger partial charge in [-0.3, -0.25) is 38.6 Å². The Morgan fingerprint density at radius 2 is 0.886 bits per heavy atom. The molecule has 6 heterocycles. The van der Waals surface area contributed by atoms with Gasteiger partial charge in [0, 0.05) is 84.6 Å². The van der Waals surface area contributed by atoms with Gasteiger partial charge in [-0.05, 0) is 101 Å². The molecule has 4 bridgehead atoms. The molecule has 2 aliphatic carbocycles. The van der Waals surface area contributed by atoms with Gasteiger partial charge in [0.05, 0.1) is 99.3 Å². The molecule has 0 unspecified atom stereocenters. The van der Waals surface area contributed by atoms with Crippen LogP contribution in [0.1, 0.15) is 126 Å². The molecular formula is C79H100N4O19SeSi2. The molecule has 1 N–H and O–H groups in total. The number of fused-ring (bicyclic) bond motifs is 12. The van der Waals surface area contributed by atoms with E-state index in [2.05, 4.69) is 67.7 Å². The zero-order valence-electron chi connectivity index (χ0n) is 63.5. The van der Waals surface area contributed by atoms with Gasteiger partial charge < -0.3 is 61.7 Å². The Kier molecular flexibility index (Phi) is 23.8. The molecule has 23 nitrogen and oxygen atoms in total. The van der Waals surface area contributed by atoms with Gasteiger partial charge in [-0.25, -0.2) is 0 Å². The number of aliphatic hydroxyl groups is 1. The number of methoxy groups -OCH3 is 6. The molecule has 8 aliphatic rings. The summed E-state index contributed by atoms with van der Waals surface area (Å²) in [5.41, 5.74) is 8.33. The number of ether oxygens (including phenoxy) is 8. The van der Waals surface area contributed by atoms with Crippen LogP contribution in [-0.2, 0) is 68.6 Å². The van der Waals surface area contributed by atoms with Crippen LogP contribution < -0.4 is 27.8 Å². The summed E-state index contributed by atoms with van der Waals surface area (Å²) in [4.78, 5) is 92.5. The first-order valence-corrected chi connectivity index (χ1v) is 41.7. The summed E-state index contributed by atoms with van der Waals surface area (Å²) in [5.74, 6) is 0.873. The van der Waals surface area contributed by atoms with Crippen LogP contribution in [0.2, 0.25) is 36.3 Å². The Balaban J connectivity index is 0.000000232. The molecular weight excluding hydrogens is 1440 g/mol. The number of hydrogen-bond acceptors (Lipinski definition) is 21. The Morgan fingerprint density at radius 3 is 1.28 bits per heavy atom. The number of aliphatic hydroxyl groups excluding tert-OH is 1. The molecule has 0 aromatic heterocycles. The van der Waals surface area contributed by atoms with E-state index in [4.69, 9.17) is 54.4 Å². The second-order valence-corrected chi connectivity index (χ2v) is 39.9. The second-order valence-electron chi connectivity index (χ2n) is 30.2. The number of allylic oxidation sites excluding steroid dienone is 4. The molecule has 105 heavy (non-hydrogen) atoms. The van der Waals surface area contributed by atoms with E-state index in [1.165, 1.54) is 21.1 Å². The number of carbonyl (C=O) groups excluding carboxylic acids is 6. The normalized spacial score (nSPS) is 22.1. The third kappa shape index (κ3) is 13.7. The molecule has 7 atom stereocenters. The number of likely N-dealkylation sites (N-methyl/N-ethyl adjacent to an activating group) is 2. The number of hydrogen-bond donors (Lipinski definition) is 1. The number of piperazine rings is 2. The van der Waals surface area contributed by atoms with Crippen LogP contribution in [0.25, 0.3) is 12.2 Å². The van der Waals surface area contributed by atoms with Gasteiger partial charge in [0.2, 0.25) is 23.4 Å². The molecule has 6 aliphatic heterocycles. The van der Waals surface area contributed by atoms with Crippen LogP contribution in [0.15, 0.2) is 117 Å². The molecule has 2 fully saturated rings. The van der Waals surface area contributed by atoms with Crippen molar-refractivity contribution in [2.45, 2.75) is 175 Å². The van der Waals surface area contributed by atoms with Crippen molar-refractivity contribution in [3.8, 4) is 34.5 Å². The van der Waals surface area contributed by atoms with Gasteiger partial charge >= 0.3 is 22.5 Å². The number of benzene rings is 4. The fourth-order valence-corrected chi connectivity index (χ4v) is 17.2. The monoisotopic (exact) mass is 1540 g/mol. The first-order valence-electron chi connectivity index (χ1n) is 34.5. The molecule has 564 valence electrons. The Morgan fingerprint density at radius 1 is 0.505 bits per heavy atom. The van der Waals surface area contributed by atoms with Crippen molar-refractivity contribution in [3.05, 3.63) is 162 Å². The second kappa shape index (κ2) is 30.9. The van der Waals surface area contributed by atoms with Gasteiger partial charge in [-0.15, -0.1) is 0 Å². The summed E-state index contributed by atoms with van der Waals surface area (Å²) in [6.07, 6.45) is 2.37. The number of nitrogens with zero attached hydrogens (tertiary/aromatic N) is 4. The molecule has 12 rings (SSSR count). The van der Waals surface area contributed by atoms with E-state index in [9.17, 15) is 33.9 Å².